The normalized spacial score (nSPS) is 13.4. The molecule has 96 valence electrons. The fourth-order valence-corrected chi connectivity index (χ4v) is 2.66. The fraction of sp³-hybridized carbons (Fsp3) is 0.200. The molecule has 0 bridgehead atoms. The molecule has 3 rings (SSSR count). The zero-order valence-corrected chi connectivity index (χ0v) is 10.7. The van der Waals surface area contributed by atoms with Gasteiger partial charge >= 0.3 is 0 Å². The van der Waals surface area contributed by atoms with Crippen LogP contribution in [0.15, 0.2) is 42.5 Å². The van der Waals surface area contributed by atoms with E-state index in [1.54, 1.807) is 12.1 Å². The first-order valence-corrected chi connectivity index (χ1v) is 6.22. The van der Waals surface area contributed by atoms with Gasteiger partial charge in [-0.05, 0) is 24.1 Å². The van der Waals surface area contributed by atoms with Crippen LogP contribution < -0.4 is 4.90 Å². The van der Waals surface area contributed by atoms with E-state index < -0.39 is 0 Å². The van der Waals surface area contributed by atoms with Crippen molar-refractivity contribution in [3.8, 4) is 0 Å². The molecule has 0 radical (unpaired) electrons. The second-order valence-electron chi connectivity index (χ2n) is 4.80. The summed E-state index contributed by atoms with van der Waals surface area (Å²) < 4.78 is 0. The summed E-state index contributed by atoms with van der Waals surface area (Å²) >= 11 is 0. The van der Waals surface area contributed by atoms with Gasteiger partial charge in [0.05, 0.1) is 10.5 Å². The zero-order chi connectivity index (χ0) is 13.4. The minimum atomic E-state index is -0.317. The molecule has 4 nitrogen and oxygen atoms in total. The van der Waals surface area contributed by atoms with Crippen LogP contribution in [-0.2, 0) is 13.1 Å². The second kappa shape index (κ2) is 4.39. The number of nitro benzene ring substituents is 1. The van der Waals surface area contributed by atoms with Crippen LogP contribution in [0.1, 0.15) is 16.7 Å². The minimum Gasteiger partial charge on any atom is -0.362 e. The van der Waals surface area contributed by atoms with Crippen LogP contribution in [0.3, 0.4) is 0 Å². The summed E-state index contributed by atoms with van der Waals surface area (Å²) in [6.45, 7) is 3.45. The first kappa shape index (κ1) is 11.7. The van der Waals surface area contributed by atoms with E-state index in [1.165, 1.54) is 11.1 Å². The van der Waals surface area contributed by atoms with Gasteiger partial charge in [0.15, 0.2) is 0 Å². The summed E-state index contributed by atoms with van der Waals surface area (Å²) in [5.41, 5.74) is 4.47. The van der Waals surface area contributed by atoms with Crippen molar-refractivity contribution in [1.82, 2.24) is 0 Å². The highest BCUT2D eigenvalue weighted by molar-refractivity contribution is 5.63. The third kappa shape index (κ3) is 1.95. The highest BCUT2D eigenvalue weighted by Gasteiger charge is 2.22. The van der Waals surface area contributed by atoms with Gasteiger partial charge in [-0.25, -0.2) is 0 Å². The van der Waals surface area contributed by atoms with Crippen molar-refractivity contribution in [3.05, 3.63) is 69.3 Å². The van der Waals surface area contributed by atoms with Gasteiger partial charge in [0.1, 0.15) is 0 Å². The van der Waals surface area contributed by atoms with Crippen LogP contribution in [-0.4, -0.2) is 4.92 Å². The number of benzene rings is 2. The fourth-order valence-electron chi connectivity index (χ4n) is 2.66. The van der Waals surface area contributed by atoms with Crippen molar-refractivity contribution in [2.75, 3.05) is 4.90 Å². The Kier molecular flexibility index (Phi) is 2.71. The van der Waals surface area contributed by atoms with E-state index in [2.05, 4.69) is 17.0 Å². The van der Waals surface area contributed by atoms with Crippen molar-refractivity contribution in [1.29, 1.82) is 0 Å². The molecule has 19 heavy (non-hydrogen) atoms. The summed E-state index contributed by atoms with van der Waals surface area (Å²) in [5.74, 6) is 0. The Morgan fingerprint density at radius 2 is 1.68 bits per heavy atom. The molecule has 1 aliphatic rings. The lowest BCUT2D eigenvalue weighted by Crippen LogP contribution is -2.16. The Morgan fingerprint density at radius 1 is 1.05 bits per heavy atom. The number of nitrogens with zero attached hydrogens (tertiary/aromatic N) is 2. The molecule has 0 fully saturated rings. The SMILES string of the molecule is Cc1c(N2Cc3ccccc3C2)cccc1[N+](=O)[O-]. The van der Waals surface area contributed by atoms with E-state index in [9.17, 15) is 10.1 Å². The first-order valence-electron chi connectivity index (χ1n) is 6.22. The number of nitro groups is 1. The molecule has 0 amide bonds. The highest BCUT2D eigenvalue weighted by atomic mass is 16.6. The minimum absolute atomic E-state index is 0.188. The molecule has 0 atom stereocenters. The van der Waals surface area contributed by atoms with Crippen LogP contribution >= 0.6 is 0 Å². The predicted octanol–water partition coefficient (Wildman–Crippen LogP) is 3.42. The topological polar surface area (TPSA) is 46.4 Å². The van der Waals surface area contributed by atoms with E-state index in [0.29, 0.717) is 0 Å². The molecule has 0 unspecified atom stereocenters. The molecule has 2 aromatic carbocycles. The Balaban J connectivity index is 1.98. The highest BCUT2D eigenvalue weighted by Crippen LogP contribution is 2.33. The molecule has 0 spiro atoms. The molecule has 0 aliphatic carbocycles. The van der Waals surface area contributed by atoms with Crippen LogP contribution in [0.4, 0.5) is 11.4 Å². The molecule has 0 saturated carbocycles. The molecular weight excluding hydrogens is 240 g/mol. The summed E-state index contributed by atoms with van der Waals surface area (Å²) in [6.07, 6.45) is 0. The van der Waals surface area contributed by atoms with Gasteiger partial charge < -0.3 is 4.90 Å². The maximum absolute atomic E-state index is 11.0. The van der Waals surface area contributed by atoms with Gasteiger partial charge in [-0.15, -0.1) is 0 Å². The van der Waals surface area contributed by atoms with Crippen molar-refractivity contribution in [3.63, 3.8) is 0 Å². The van der Waals surface area contributed by atoms with Crippen molar-refractivity contribution < 1.29 is 4.92 Å². The average Bonchev–Trinajstić information content (AvgIpc) is 2.82. The maximum atomic E-state index is 11.0. The van der Waals surface area contributed by atoms with Crippen molar-refractivity contribution in [2.24, 2.45) is 0 Å². The predicted molar refractivity (Wildman–Crippen MR) is 74.2 cm³/mol. The lowest BCUT2D eigenvalue weighted by molar-refractivity contribution is -0.385. The molecule has 0 aromatic heterocycles. The molecule has 4 heteroatoms. The second-order valence-corrected chi connectivity index (χ2v) is 4.80. The zero-order valence-electron chi connectivity index (χ0n) is 10.7. The lowest BCUT2D eigenvalue weighted by Gasteiger charge is -2.19. The van der Waals surface area contributed by atoms with Gasteiger partial charge in [-0.1, -0.05) is 30.3 Å². The van der Waals surface area contributed by atoms with Crippen molar-refractivity contribution in [2.45, 2.75) is 20.0 Å². The van der Waals surface area contributed by atoms with E-state index in [1.807, 2.05) is 25.1 Å². The number of hydrogen-bond acceptors (Lipinski definition) is 3. The van der Waals surface area contributed by atoms with Crippen molar-refractivity contribution >= 4 is 11.4 Å². The summed E-state index contributed by atoms with van der Waals surface area (Å²) in [7, 11) is 0. The Morgan fingerprint density at radius 3 is 2.26 bits per heavy atom. The van der Waals surface area contributed by atoms with E-state index in [0.717, 1.165) is 24.3 Å². The largest absolute Gasteiger partial charge is 0.362 e. The third-order valence-electron chi connectivity index (χ3n) is 3.65. The molecule has 0 N–H and O–H groups in total. The lowest BCUT2D eigenvalue weighted by atomic mass is 10.1. The summed E-state index contributed by atoms with van der Waals surface area (Å²) in [6, 6.07) is 13.6. The first-order chi connectivity index (χ1) is 9.16. The van der Waals surface area contributed by atoms with E-state index in [-0.39, 0.29) is 10.6 Å². The summed E-state index contributed by atoms with van der Waals surface area (Å²) in [4.78, 5) is 12.9. The number of hydrogen-bond donors (Lipinski definition) is 0. The average molecular weight is 254 g/mol. The maximum Gasteiger partial charge on any atom is 0.274 e. The quantitative estimate of drug-likeness (QED) is 0.609. The standard InChI is InChI=1S/C15H14N2O2/c1-11-14(7-4-8-15(11)17(18)19)16-9-12-5-2-3-6-13(12)10-16/h2-8H,9-10H2,1H3. The monoisotopic (exact) mass is 254 g/mol. The van der Waals surface area contributed by atoms with Crippen LogP contribution in [0.5, 0.6) is 0 Å². The molecular formula is C15H14N2O2. The van der Waals surface area contributed by atoms with E-state index >= 15 is 0 Å². The van der Waals surface area contributed by atoms with E-state index in [4.69, 9.17) is 0 Å². The van der Waals surface area contributed by atoms with Gasteiger partial charge in [-0.3, -0.25) is 10.1 Å². The Hall–Kier alpha value is -2.36. The van der Waals surface area contributed by atoms with Gasteiger partial charge in [0.25, 0.3) is 5.69 Å². The smallest absolute Gasteiger partial charge is 0.274 e. The molecule has 0 saturated heterocycles. The van der Waals surface area contributed by atoms with Crippen LogP contribution in [0, 0.1) is 17.0 Å². The molecule has 1 heterocycles. The van der Waals surface area contributed by atoms with Gasteiger partial charge in [0.2, 0.25) is 0 Å². The number of fused-ring (bicyclic) bond motifs is 1. The van der Waals surface area contributed by atoms with Gasteiger partial charge in [-0.2, -0.15) is 0 Å². The molecule has 2 aromatic rings. The van der Waals surface area contributed by atoms with Crippen LogP contribution in [0.25, 0.3) is 0 Å². The Bertz CT molecular complexity index is 627. The number of rotatable bonds is 2. The Labute approximate surface area is 111 Å². The molecule has 1 aliphatic heterocycles. The van der Waals surface area contributed by atoms with Gasteiger partial charge in [0, 0.05) is 24.8 Å². The number of anilines is 1. The van der Waals surface area contributed by atoms with Crippen LogP contribution in [0.2, 0.25) is 0 Å². The summed E-state index contributed by atoms with van der Waals surface area (Å²) in [5, 5.41) is 11.0. The third-order valence-corrected chi connectivity index (χ3v) is 3.65.